The smallest absolute Gasteiger partial charge is 0.227 e. The molecule has 0 saturated carbocycles. The summed E-state index contributed by atoms with van der Waals surface area (Å²) in [4.78, 5) is 4.30. The molecular formula is C29H38FNO2. The zero-order chi connectivity index (χ0) is 24.8. The molecule has 1 aromatic heterocycles. The van der Waals surface area contributed by atoms with E-state index in [1.807, 2.05) is 39.8 Å². The summed E-state index contributed by atoms with van der Waals surface area (Å²) in [6.07, 6.45) is 11.3. The Morgan fingerprint density at radius 3 is 2.39 bits per heavy atom. The lowest BCUT2D eigenvalue weighted by molar-refractivity contribution is 0.108. The van der Waals surface area contributed by atoms with Crippen molar-refractivity contribution in [2.45, 2.75) is 60.0 Å². The van der Waals surface area contributed by atoms with Gasteiger partial charge >= 0.3 is 0 Å². The zero-order valence-electron chi connectivity index (χ0n) is 20.8. The number of benzene rings is 1. The van der Waals surface area contributed by atoms with Gasteiger partial charge in [-0.1, -0.05) is 50.4 Å². The normalized spacial score (nSPS) is 15.3. The van der Waals surface area contributed by atoms with Crippen LogP contribution in [0, 0.1) is 5.82 Å². The molecule has 3 rings (SSSR count). The Bertz CT molecular complexity index is 976. The standard InChI is InChI=1S/C20H20FNO.C6H12O.C3H6/c1-6-9-14(5)19-18(15-10-8-11-16(21)12-15)17(13(3)4)20(23-19)22-7-2;1-2-6-4-3-5-7-6;1-3-2/h6-12H,1,3H2,2,4-5H3;6H,2-5H2,1H3;3H,1H2,2H3/b14-9+,22-7-;;. The van der Waals surface area contributed by atoms with E-state index < -0.39 is 0 Å². The van der Waals surface area contributed by atoms with Gasteiger partial charge in [0.1, 0.15) is 11.6 Å². The van der Waals surface area contributed by atoms with Gasteiger partial charge in [0.05, 0.1) is 11.7 Å². The van der Waals surface area contributed by atoms with Gasteiger partial charge in [0, 0.05) is 18.4 Å². The molecule has 0 spiro atoms. The van der Waals surface area contributed by atoms with Crippen molar-refractivity contribution in [2.75, 3.05) is 6.61 Å². The molecule has 0 bridgehead atoms. The highest BCUT2D eigenvalue weighted by atomic mass is 19.1. The molecule has 1 aliphatic heterocycles. The monoisotopic (exact) mass is 451 g/mol. The van der Waals surface area contributed by atoms with Crippen LogP contribution in [-0.4, -0.2) is 18.9 Å². The number of rotatable bonds is 6. The van der Waals surface area contributed by atoms with E-state index in [1.165, 1.54) is 31.4 Å². The maximum absolute atomic E-state index is 13.7. The Morgan fingerprint density at radius 1 is 1.24 bits per heavy atom. The Balaban J connectivity index is 0.000000451. The van der Waals surface area contributed by atoms with Crippen molar-refractivity contribution < 1.29 is 13.5 Å². The van der Waals surface area contributed by atoms with Crippen molar-refractivity contribution in [1.29, 1.82) is 0 Å². The molecule has 0 aliphatic carbocycles. The highest BCUT2D eigenvalue weighted by Crippen LogP contribution is 2.43. The average molecular weight is 452 g/mol. The molecule has 1 fully saturated rings. The highest BCUT2D eigenvalue weighted by Gasteiger charge is 2.23. The van der Waals surface area contributed by atoms with E-state index in [0.29, 0.717) is 17.7 Å². The lowest BCUT2D eigenvalue weighted by Gasteiger charge is -2.07. The van der Waals surface area contributed by atoms with Crippen LogP contribution in [0.15, 0.2) is 71.6 Å². The highest BCUT2D eigenvalue weighted by molar-refractivity contribution is 5.92. The fraction of sp³-hybridized carbons (Fsp3) is 0.345. The van der Waals surface area contributed by atoms with Gasteiger partial charge in [0.2, 0.25) is 5.88 Å². The van der Waals surface area contributed by atoms with E-state index in [9.17, 15) is 4.39 Å². The first-order valence-electron chi connectivity index (χ1n) is 11.4. The summed E-state index contributed by atoms with van der Waals surface area (Å²) < 4.78 is 25.0. The van der Waals surface area contributed by atoms with Crippen LogP contribution < -0.4 is 0 Å². The van der Waals surface area contributed by atoms with Crippen molar-refractivity contribution >= 4 is 23.2 Å². The summed E-state index contributed by atoms with van der Waals surface area (Å²) in [5, 5.41) is 0. The van der Waals surface area contributed by atoms with E-state index >= 15 is 0 Å². The Hall–Kier alpha value is -2.98. The fourth-order valence-electron chi connectivity index (χ4n) is 3.44. The Kier molecular flexibility index (Phi) is 12.7. The largest absolute Gasteiger partial charge is 0.437 e. The lowest BCUT2D eigenvalue weighted by atomic mass is 9.95. The first-order valence-corrected chi connectivity index (χ1v) is 11.4. The van der Waals surface area contributed by atoms with Crippen LogP contribution in [0.25, 0.3) is 22.3 Å². The number of furan rings is 1. The second-order valence-corrected chi connectivity index (χ2v) is 7.70. The van der Waals surface area contributed by atoms with Crippen LogP contribution in [0.5, 0.6) is 0 Å². The maximum atomic E-state index is 13.7. The van der Waals surface area contributed by atoms with E-state index in [0.717, 1.165) is 34.4 Å². The van der Waals surface area contributed by atoms with E-state index in [2.05, 4.69) is 31.7 Å². The van der Waals surface area contributed by atoms with Gasteiger partial charge in [0.15, 0.2) is 0 Å². The number of nitrogens with zero attached hydrogens (tertiary/aromatic N) is 1. The number of hydrogen-bond donors (Lipinski definition) is 0. The number of allylic oxidation sites excluding steroid dienone is 5. The van der Waals surface area contributed by atoms with Crippen LogP contribution in [-0.2, 0) is 4.74 Å². The third kappa shape index (κ3) is 8.47. The minimum Gasteiger partial charge on any atom is -0.437 e. The van der Waals surface area contributed by atoms with Crippen LogP contribution in [0.3, 0.4) is 0 Å². The third-order valence-corrected chi connectivity index (χ3v) is 4.88. The zero-order valence-corrected chi connectivity index (χ0v) is 20.8. The van der Waals surface area contributed by atoms with Crippen molar-refractivity contribution in [3.8, 4) is 11.1 Å². The number of ether oxygens (including phenoxy) is 1. The second kappa shape index (κ2) is 15.0. The summed E-state index contributed by atoms with van der Waals surface area (Å²) in [7, 11) is 0. The molecule has 178 valence electrons. The SMILES string of the molecule is C=C/C=C(\C)c1oc(/N=C\C)c(C(=C)C)c1-c1cccc(F)c1.C=CC.CCC1CCCO1. The van der Waals surface area contributed by atoms with E-state index in [4.69, 9.17) is 9.15 Å². The molecule has 0 radical (unpaired) electrons. The van der Waals surface area contributed by atoms with E-state index in [-0.39, 0.29) is 5.82 Å². The molecular weight excluding hydrogens is 413 g/mol. The molecule has 2 heterocycles. The Labute approximate surface area is 199 Å². The lowest BCUT2D eigenvalue weighted by Crippen LogP contribution is -2.00. The molecule has 3 nitrogen and oxygen atoms in total. The van der Waals surface area contributed by atoms with Gasteiger partial charge < -0.3 is 9.15 Å². The number of aliphatic imine (C=N–C) groups is 1. The van der Waals surface area contributed by atoms with Crippen molar-refractivity contribution in [3.05, 3.63) is 79.4 Å². The summed E-state index contributed by atoms with van der Waals surface area (Å²) in [6.45, 7) is 21.8. The molecule has 1 saturated heterocycles. The van der Waals surface area contributed by atoms with Crippen LogP contribution in [0.4, 0.5) is 10.3 Å². The molecule has 1 unspecified atom stereocenters. The average Bonchev–Trinajstić information content (AvgIpc) is 3.43. The Morgan fingerprint density at radius 2 is 1.94 bits per heavy atom. The summed E-state index contributed by atoms with van der Waals surface area (Å²) in [6, 6.07) is 6.44. The summed E-state index contributed by atoms with van der Waals surface area (Å²) in [5.74, 6) is 0.827. The second-order valence-electron chi connectivity index (χ2n) is 7.70. The van der Waals surface area contributed by atoms with Gasteiger partial charge in [-0.25, -0.2) is 9.38 Å². The minimum atomic E-state index is -0.298. The number of halogens is 1. The molecule has 0 N–H and O–H groups in total. The fourth-order valence-corrected chi connectivity index (χ4v) is 3.44. The molecule has 1 atom stereocenters. The molecule has 1 aromatic carbocycles. The minimum absolute atomic E-state index is 0.298. The quantitative estimate of drug-likeness (QED) is 0.249. The summed E-state index contributed by atoms with van der Waals surface area (Å²) in [5.41, 5.74) is 4.02. The van der Waals surface area contributed by atoms with Gasteiger partial charge in [-0.3, -0.25) is 0 Å². The van der Waals surface area contributed by atoms with Gasteiger partial charge in [0.25, 0.3) is 0 Å². The van der Waals surface area contributed by atoms with Crippen molar-refractivity contribution in [1.82, 2.24) is 0 Å². The molecule has 4 heteroatoms. The first kappa shape index (κ1) is 28.1. The number of hydrogen-bond acceptors (Lipinski definition) is 3. The molecule has 1 aliphatic rings. The van der Waals surface area contributed by atoms with Crippen LogP contribution in [0.1, 0.15) is 65.2 Å². The van der Waals surface area contributed by atoms with Crippen molar-refractivity contribution in [3.63, 3.8) is 0 Å². The summed E-state index contributed by atoms with van der Waals surface area (Å²) >= 11 is 0. The predicted octanol–water partition coefficient (Wildman–Crippen LogP) is 9.20. The first-order chi connectivity index (χ1) is 15.8. The van der Waals surface area contributed by atoms with E-state index in [1.54, 1.807) is 24.4 Å². The van der Waals surface area contributed by atoms with Crippen LogP contribution >= 0.6 is 0 Å². The van der Waals surface area contributed by atoms with Gasteiger partial charge in [-0.15, -0.1) is 6.58 Å². The van der Waals surface area contributed by atoms with Crippen LogP contribution in [0.2, 0.25) is 0 Å². The maximum Gasteiger partial charge on any atom is 0.227 e. The topological polar surface area (TPSA) is 34.7 Å². The van der Waals surface area contributed by atoms with Gasteiger partial charge in [-0.05, 0) is 75.8 Å². The molecule has 33 heavy (non-hydrogen) atoms. The molecule has 2 aromatic rings. The van der Waals surface area contributed by atoms with Crippen molar-refractivity contribution in [2.24, 2.45) is 4.99 Å². The predicted molar refractivity (Wildman–Crippen MR) is 142 cm³/mol. The van der Waals surface area contributed by atoms with Gasteiger partial charge in [-0.2, -0.15) is 0 Å². The molecule has 0 amide bonds. The third-order valence-electron chi connectivity index (χ3n) is 4.88.